The van der Waals surface area contributed by atoms with Crippen LogP contribution in [0.5, 0.6) is 0 Å². The number of aromatic nitrogens is 4. The van der Waals surface area contributed by atoms with Gasteiger partial charge in [0.2, 0.25) is 5.95 Å². The van der Waals surface area contributed by atoms with Crippen molar-refractivity contribution in [1.82, 2.24) is 19.5 Å². The van der Waals surface area contributed by atoms with Crippen molar-refractivity contribution in [1.29, 1.82) is 0 Å². The predicted octanol–water partition coefficient (Wildman–Crippen LogP) is 2.21. The number of anilines is 1. The molecule has 0 saturated heterocycles. The molecule has 0 saturated carbocycles. The number of hydrogen-bond donors (Lipinski definition) is 2. The fourth-order valence-electron chi connectivity index (χ4n) is 2.78. The first-order valence-corrected chi connectivity index (χ1v) is 6.62. The van der Waals surface area contributed by atoms with Gasteiger partial charge in [-0.25, -0.2) is 9.97 Å². The summed E-state index contributed by atoms with van der Waals surface area (Å²) in [6, 6.07) is 5.72. The zero-order chi connectivity index (χ0) is 12.8. The molecule has 19 heavy (non-hydrogen) atoms. The topological polar surface area (TPSA) is 72.5 Å². The van der Waals surface area contributed by atoms with Gasteiger partial charge < -0.3 is 10.7 Å². The van der Waals surface area contributed by atoms with Gasteiger partial charge in [-0.15, -0.1) is 0 Å². The van der Waals surface area contributed by atoms with E-state index < -0.39 is 0 Å². The van der Waals surface area contributed by atoms with E-state index in [0.29, 0.717) is 0 Å². The summed E-state index contributed by atoms with van der Waals surface area (Å²) in [5.74, 6) is 0.830. The van der Waals surface area contributed by atoms with Gasteiger partial charge in [-0.1, -0.05) is 0 Å². The maximum absolute atomic E-state index is 5.80. The van der Waals surface area contributed by atoms with E-state index in [1.165, 1.54) is 24.2 Å². The Morgan fingerprint density at radius 2 is 2.11 bits per heavy atom. The number of rotatable bonds is 1. The van der Waals surface area contributed by atoms with E-state index in [4.69, 9.17) is 5.73 Å². The standard InChI is InChI=1S/C14H15N5/c15-9-5-6-10-12(7-9)18-14(17-10)19-8-16-11-3-1-2-4-13(11)19/h5-8H,1-4,15H2,(H,17,18). The number of imidazole rings is 2. The number of nitrogens with zero attached hydrogens (tertiary/aromatic N) is 3. The number of aromatic amines is 1. The summed E-state index contributed by atoms with van der Waals surface area (Å²) in [4.78, 5) is 12.4. The number of hydrogen-bond acceptors (Lipinski definition) is 3. The molecule has 0 amide bonds. The van der Waals surface area contributed by atoms with E-state index in [0.717, 1.165) is 35.5 Å². The monoisotopic (exact) mass is 253 g/mol. The third-order valence-electron chi connectivity index (χ3n) is 3.75. The second-order valence-corrected chi connectivity index (χ2v) is 5.05. The van der Waals surface area contributed by atoms with Crippen molar-refractivity contribution in [2.24, 2.45) is 0 Å². The third-order valence-corrected chi connectivity index (χ3v) is 3.75. The zero-order valence-electron chi connectivity index (χ0n) is 10.6. The zero-order valence-corrected chi connectivity index (χ0v) is 10.6. The molecule has 5 nitrogen and oxygen atoms in total. The van der Waals surface area contributed by atoms with Gasteiger partial charge in [0, 0.05) is 11.4 Å². The number of aryl methyl sites for hydroxylation is 1. The third kappa shape index (κ3) is 1.62. The van der Waals surface area contributed by atoms with Crippen LogP contribution in [0.25, 0.3) is 17.0 Å². The molecule has 3 aromatic rings. The Hall–Kier alpha value is -2.30. The maximum Gasteiger partial charge on any atom is 0.213 e. The van der Waals surface area contributed by atoms with Gasteiger partial charge in [-0.05, 0) is 43.9 Å². The molecule has 5 heteroatoms. The van der Waals surface area contributed by atoms with Crippen LogP contribution in [0.1, 0.15) is 24.2 Å². The van der Waals surface area contributed by atoms with E-state index in [2.05, 4.69) is 19.5 Å². The molecule has 0 fully saturated rings. The van der Waals surface area contributed by atoms with E-state index >= 15 is 0 Å². The highest BCUT2D eigenvalue weighted by atomic mass is 15.2. The van der Waals surface area contributed by atoms with Crippen LogP contribution < -0.4 is 5.73 Å². The van der Waals surface area contributed by atoms with Gasteiger partial charge in [0.15, 0.2) is 0 Å². The van der Waals surface area contributed by atoms with Crippen molar-refractivity contribution >= 4 is 16.7 Å². The highest BCUT2D eigenvalue weighted by molar-refractivity contribution is 5.79. The lowest BCUT2D eigenvalue weighted by atomic mass is 10.0. The van der Waals surface area contributed by atoms with Crippen LogP contribution in [0.15, 0.2) is 24.5 Å². The average Bonchev–Trinajstić information content (AvgIpc) is 3.00. The highest BCUT2D eigenvalue weighted by Gasteiger charge is 2.17. The molecule has 0 atom stereocenters. The Kier molecular flexibility index (Phi) is 2.15. The maximum atomic E-state index is 5.80. The first-order valence-electron chi connectivity index (χ1n) is 6.62. The van der Waals surface area contributed by atoms with Gasteiger partial charge >= 0.3 is 0 Å². The van der Waals surface area contributed by atoms with Gasteiger partial charge in [0.05, 0.1) is 16.7 Å². The van der Waals surface area contributed by atoms with E-state index in [1.54, 1.807) is 0 Å². The Bertz CT molecular complexity index is 752. The number of nitrogens with two attached hydrogens (primary N) is 1. The number of nitrogens with one attached hydrogen (secondary N) is 1. The van der Waals surface area contributed by atoms with Crippen LogP contribution in [0.2, 0.25) is 0 Å². The highest BCUT2D eigenvalue weighted by Crippen LogP contribution is 2.23. The molecule has 0 radical (unpaired) electrons. The molecular formula is C14H15N5. The molecule has 0 aliphatic heterocycles. The molecule has 3 N–H and O–H groups in total. The number of nitrogen functional groups attached to an aromatic ring is 1. The van der Waals surface area contributed by atoms with Gasteiger partial charge in [-0.3, -0.25) is 4.57 Å². The van der Waals surface area contributed by atoms with Crippen molar-refractivity contribution in [2.45, 2.75) is 25.7 Å². The summed E-state index contributed by atoms with van der Waals surface area (Å²) in [7, 11) is 0. The summed E-state index contributed by atoms with van der Waals surface area (Å²) in [6.07, 6.45) is 6.49. The summed E-state index contributed by atoms with van der Waals surface area (Å²) in [6.45, 7) is 0. The first kappa shape index (κ1) is 10.6. The summed E-state index contributed by atoms with van der Waals surface area (Å²) in [5, 5.41) is 0. The molecule has 1 aliphatic carbocycles. The molecule has 2 heterocycles. The summed E-state index contributed by atoms with van der Waals surface area (Å²) < 4.78 is 2.07. The lowest BCUT2D eigenvalue weighted by Gasteiger charge is -2.11. The smallest absolute Gasteiger partial charge is 0.213 e. The van der Waals surface area contributed by atoms with Crippen LogP contribution >= 0.6 is 0 Å². The van der Waals surface area contributed by atoms with Crippen LogP contribution in [0.3, 0.4) is 0 Å². The molecule has 0 bridgehead atoms. The molecule has 1 aromatic carbocycles. The van der Waals surface area contributed by atoms with E-state index in [-0.39, 0.29) is 0 Å². The van der Waals surface area contributed by atoms with Crippen LogP contribution in [-0.2, 0) is 12.8 Å². The van der Waals surface area contributed by atoms with Crippen LogP contribution in [0, 0.1) is 0 Å². The minimum atomic E-state index is 0.746. The van der Waals surface area contributed by atoms with Crippen molar-refractivity contribution < 1.29 is 0 Å². The van der Waals surface area contributed by atoms with Crippen molar-refractivity contribution in [3.05, 3.63) is 35.9 Å². The summed E-state index contributed by atoms with van der Waals surface area (Å²) in [5.41, 5.74) is 10.9. The van der Waals surface area contributed by atoms with Crippen LogP contribution in [-0.4, -0.2) is 19.5 Å². The number of benzene rings is 1. The quantitative estimate of drug-likeness (QED) is 0.653. The molecule has 0 unspecified atom stereocenters. The molecular weight excluding hydrogens is 238 g/mol. The molecule has 4 rings (SSSR count). The predicted molar refractivity (Wildman–Crippen MR) is 74.3 cm³/mol. The fourth-order valence-corrected chi connectivity index (χ4v) is 2.78. The second kappa shape index (κ2) is 3.85. The van der Waals surface area contributed by atoms with Crippen molar-refractivity contribution in [3.8, 4) is 5.95 Å². The molecule has 2 aromatic heterocycles. The molecule has 1 aliphatic rings. The fraction of sp³-hybridized carbons (Fsp3) is 0.286. The first-order chi connectivity index (χ1) is 9.31. The van der Waals surface area contributed by atoms with Gasteiger partial charge in [0.1, 0.15) is 6.33 Å². The lowest BCUT2D eigenvalue weighted by Crippen LogP contribution is -2.07. The minimum absolute atomic E-state index is 0.746. The summed E-state index contributed by atoms with van der Waals surface area (Å²) >= 11 is 0. The Labute approximate surface area is 110 Å². The lowest BCUT2D eigenvalue weighted by molar-refractivity contribution is 0.653. The number of H-pyrrole nitrogens is 1. The van der Waals surface area contributed by atoms with E-state index in [9.17, 15) is 0 Å². The Morgan fingerprint density at radius 1 is 1.21 bits per heavy atom. The Balaban J connectivity index is 1.88. The SMILES string of the molecule is Nc1ccc2nc(-n3cnc4c3CCCC4)[nH]c2c1. The molecule has 96 valence electrons. The number of fused-ring (bicyclic) bond motifs is 2. The van der Waals surface area contributed by atoms with Gasteiger partial charge in [-0.2, -0.15) is 0 Å². The Morgan fingerprint density at radius 3 is 3.05 bits per heavy atom. The molecule has 0 spiro atoms. The van der Waals surface area contributed by atoms with E-state index in [1.807, 2.05) is 24.5 Å². The normalized spacial score (nSPS) is 14.7. The van der Waals surface area contributed by atoms with Crippen molar-refractivity contribution in [2.75, 3.05) is 5.73 Å². The largest absolute Gasteiger partial charge is 0.399 e. The average molecular weight is 253 g/mol. The van der Waals surface area contributed by atoms with Crippen LogP contribution in [0.4, 0.5) is 5.69 Å². The minimum Gasteiger partial charge on any atom is -0.399 e. The second-order valence-electron chi connectivity index (χ2n) is 5.05. The van der Waals surface area contributed by atoms with Crippen molar-refractivity contribution in [3.63, 3.8) is 0 Å². The van der Waals surface area contributed by atoms with Gasteiger partial charge in [0.25, 0.3) is 0 Å².